The van der Waals surface area contributed by atoms with Crippen molar-refractivity contribution in [3.63, 3.8) is 0 Å². The number of aryl methyl sites for hydroxylation is 1. The summed E-state index contributed by atoms with van der Waals surface area (Å²) < 4.78 is 32.6. The zero-order chi connectivity index (χ0) is 15.6. The van der Waals surface area contributed by atoms with Crippen LogP contribution in [0.3, 0.4) is 0 Å². The molecule has 2 rings (SSSR count). The second kappa shape index (κ2) is 6.19. The molecule has 6 nitrogen and oxygen atoms in total. The topological polar surface area (TPSA) is 96.6 Å². The van der Waals surface area contributed by atoms with Gasteiger partial charge in [-0.2, -0.15) is 0 Å². The van der Waals surface area contributed by atoms with E-state index >= 15 is 0 Å². The lowest BCUT2D eigenvalue weighted by molar-refractivity contribution is 0.0661. The van der Waals surface area contributed by atoms with Crippen LogP contribution in [0.1, 0.15) is 55.3 Å². The van der Waals surface area contributed by atoms with Crippen molar-refractivity contribution in [1.82, 2.24) is 4.72 Å². The molecule has 0 amide bonds. The van der Waals surface area contributed by atoms with Gasteiger partial charge in [-0.3, -0.25) is 0 Å². The first-order chi connectivity index (χ1) is 9.81. The summed E-state index contributed by atoms with van der Waals surface area (Å²) in [4.78, 5) is 10.8. The first-order valence-corrected chi connectivity index (χ1v) is 8.65. The molecule has 7 heteroatoms. The Labute approximate surface area is 124 Å². The number of hydrogen-bond donors (Lipinski definition) is 2. The highest BCUT2D eigenvalue weighted by Gasteiger charge is 2.29. The minimum atomic E-state index is -3.76. The minimum absolute atomic E-state index is 0.0867. The van der Waals surface area contributed by atoms with Gasteiger partial charge >= 0.3 is 5.97 Å². The largest absolute Gasteiger partial charge is 0.475 e. The molecule has 0 saturated heterocycles. The average Bonchev–Trinajstić information content (AvgIpc) is 2.69. The Balaban J connectivity index is 2.23. The van der Waals surface area contributed by atoms with Gasteiger partial charge in [-0.1, -0.05) is 26.2 Å². The van der Waals surface area contributed by atoms with Gasteiger partial charge in [0.2, 0.25) is 15.8 Å². The molecular weight excluding hydrogens is 294 g/mol. The van der Waals surface area contributed by atoms with E-state index in [0.29, 0.717) is 0 Å². The fourth-order valence-electron chi connectivity index (χ4n) is 2.77. The molecule has 0 aliphatic heterocycles. The lowest BCUT2D eigenvalue weighted by Crippen LogP contribution is -2.38. The number of sulfonamides is 1. The molecule has 118 valence electrons. The van der Waals surface area contributed by atoms with Gasteiger partial charge in [-0.15, -0.1) is 0 Å². The molecule has 1 aromatic rings. The Morgan fingerprint density at radius 1 is 1.33 bits per heavy atom. The lowest BCUT2D eigenvalue weighted by atomic mass is 9.98. The zero-order valence-electron chi connectivity index (χ0n) is 12.3. The van der Waals surface area contributed by atoms with E-state index in [9.17, 15) is 13.2 Å². The maximum atomic E-state index is 12.5. The Morgan fingerprint density at radius 3 is 2.62 bits per heavy atom. The van der Waals surface area contributed by atoms with Crippen molar-refractivity contribution >= 4 is 16.0 Å². The molecular formula is C14H21NO5S. The molecule has 1 heterocycles. The van der Waals surface area contributed by atoms with Gasteiger partial charge in [0.25, 0.3) is 0 Å². The minimum Gasteiger partial charge on any atom is -0.475 e. The van der Waals surface area contributed by atoms with Gasteiger partial charge in [-0.05, 0) is 25.7 Å². The molecule has 1 aromatic heterocycles. The summed E-state index contributed by atoms with van der Waals surface area (Å²) >= 11 is 0. The summed E-state index contributed by atoms with van der Waals surface area (Å²) in [6, 6.07) is 0.960. The third-order valence-electron chi connectivity index (χ3n) is 4.04. The molecule has 1 aliphatic carbocycles. The number of furan rings is 1. The van der Waals surface area contributed by atoms with Crippen molar-refractivity contribution < 1.29 is 22.7 Å². The molecule has 0 spiro atoms. The van der Waals surface area contributed by atoms with Crippen molar-refractivity contribution in [2.24, 2.45) is 5.92 Å². The van der Waals surface area contributed by atoms with E-state index in [1.807, 2.05) is 6.92 Å². The van der Waals surface area contributed by atoms with Crippen molar-refractivity contribution in [2.45, 2.75) is 56.9 Å². The van der Waals surface area contributed by atoms with Crippen LogP contribution in [-0.4, -0.2) is 25.5 Å². The molecule has 0 aromatic carbocycles. The van der Waals surface area contributed by atoms with Crippen LogP contribution in [0.15, 0.2) is 15.4 Å². The monoisotopic (exact) mass is 315 g/mol. The van der Waals surface area contributed by atoms with Crippen molar-refractivity contribution in [2.75, 3.05) is 0 Å². The first-order valence-electron chi connectivity index (χ1n) is 7.17. The van der Waals surface area contributed by atoms with Gasteiger partial charge in [0.15, 0.2) is 0 Å². The number of hydrogen-bond acceptors (Lipinski definition) is 4. The molecule has 0 radical (unpaired) electrons. The Bertz CT molecular complexity index is 619. The summed E-state index contributed by atoms with van der Waals surface area (Å²) in [5.74, 6) is -1.27. The predicted molar refractivity (Wildman–Crippen MR) is 76.8 cm³/mol. The summed E-state index contributed by atoms with van der Waals surface area (Å²) in [5.41, 5.74) is 0. The zero-order valence-corrected chi connectivity index (χ0v) is 13.1. The third-order valence-corrected chi connectivity index (χ3v) is 5.64. The van der Waals surface area contributed by atoms with E-state index in [-0.39, 0.29) is 28.4 Å². The van der Waals surface area contributed by atoms with Gasteiger partial charge in [0.05, 0.1) is 0 Å². The van der Waals surface area contributed by atoms with Gasteiger partial charge in [-0.25, -0.2) is 17.9 Å². The van der Waals surface area contributed by atoms with Crippen LogP contribution in [0, 0.1) is 12.8 Å². The third kappa shape index (κ3) is 3.65. The van der Waals surface area contributed by atoms with Crippen molar-refractivity contribution in [3.05, 3.63) is 17.6 Å². The van der Waals surface area contributed by atoms with Crippen LogP contribution in [0.5, 0.6) is 0 Å². The summed E-state index contributed by atoms with van der Waals surface area (Å²) in [6.45, 7) is 3.50. The summed E-state index contributed by atoms with van der Waals surface area (Å²) in [7, 11) is -3.76. The van der Waals surface area contributed by atoms with E-state index in [4.69, 9.17) is 9.52 Å². The average molecular weight is 315 g/mol. The predicted octanol–water partition coefficient (Wildman–Crippen LogP) is 2.53. The normalized spacial score (nSPS) is 23.7. The maximum absolute atomic E-state index is 12.5. The molecule has 2 unspecified atom stereocenters. The summed E-state index contributed by atoms with van der Waals surface area (Å²) in [6.07, 6.45) is 5.05. The maximum Gasteiger partial charge on any atom is 0.371 e. The number of carbonyl (C=O) groups is 1. The van der Waals surface area contributed by atoms with Crippen LogP contribution in [0.4, 0.5) is 0 Å². The van der Waals surface area contributed by atoms with E-state index in [1.165, 1.54) is 6.92 Å². The highest BCUT2D eigenvalue weighted by molar-refractivity contribution is 7.89. The number of aromatic carboxylic acids is 1. The Kier molecular flexibility index (Phi) is 4.73. The second-order valence-electron chi connectivity index (χ2n) is 5.68. The summed E-state index contributed by atoms with van der Waals surface area (Å²) in [5, 5.41) is 8.88. The van der Waals surface area contributed by atoms with Crippen LogP contribution in [0.25, 0.3) is 0 Å². The van der Waals surface area contributed by atoms with Crippen LogP contribution in [-0.2, 0) is 10.0 Å². The van der Waals surface area contributed by atoms with Gasteiger partial charge in [0, 0.05) is 12.1 Å². The van der Waals surface area contributed by atoms with Crippen LogP contribution >= 0.6 is 0 Å². The van der Waals surface area contributed by atoms with E-state index in [1.54, 1.807) is 0 Å². The quantitative estimate of drug-likeness (QED) is 0.832. The van der Waals surface area contributed by atoms with Crippen molar-refractivity contribution in [3.8, 4) is 0 Å². The number of nitrogens with one attached hydrogen (secondary N) is 1. The number of carboxylic acid groups (broad SMARTS) is 1. The van der Waals surface area contributed by atoms with Gasteiger partial charge in [0.1, 0.15) is 10.7 Å². The van der Waals surface area contributed by atoms with Gasteiger partial charge < -0.3 is 9.52 Å². The number of carboxylic acids is 1. The second-order valence-corrected chi connectivity index (χ2v) is 7.36. The van der Waals surface area contributed by atoms with Crippen LogP contribution < -0.4 is 4.72 Å². The fraction of sp³-hybridized carbons (Fsp3) is 0.643. The van der Waals surface area contributed by atoms with E-state index < -0.39 is 16.0 Å². The molecule has 1 fully saturated rings. The Hall–Kier alpha value is -1.34. The standard InChI is InChI=1S/C14H21NO5S/c1-9-6-4-3-5-7-11(9)15-21(18,19)13-8-12(14(16)17)20-10(13)2/h8-9,11,15H,3-7H2,1-2H3,(H,16,17). The molecule has 2 atom stereocenters. The molecule has 1 aliphatic rings. The lowest BCUT2D eigenvalue weighted by Gasteiger charge is -2.22. The highest BCUT2D eigenvalue weighted by Crippen LogP contribution is 2.26. The Morgan fingerprint density at radius 2 is 2.00 bits per heavy atom. The van der Waals surface area contributed by atoms with E-state index in [0.717, 1.165) is 38.2 Å². The molecule has 1 saturated carbocycles. The van der Waals surface area contributed by atoms with Crippen LogP contribution in [0.2, 0.25) is 0 Å². The molecule has 21 heavy (non-hydrogen) atoms. The number of rotatable bonds is 4. The highest BCUT2D eigenvalue weighted by atomic mass is 32.2. The molecule has 0 bridgehead atoms. The SMILES string of the molecule is Cc1oc(C(=O)O)cc1S(=O)(=O)NC1CCCCCC1C. The first kappa shape index (κ1) is 16.0. The van der Waals surface area contributed by atoms with Crippen molar-refractivity contribution in [1.29, 1.82) is 0 Å². The van der Waals surface area contributed by atoms with E-state index in [2.05, 4.69) is 4.72 Å². The molecule has 2 N–H and O–H groups in total. The fourth-order valence-corrected chi connectivity index (χ4v) is 4.33. The smallest absolute Gasteiger partial charge is 0.371 e.